The Morgan fingerprint density at radius 2 is 2.30 bits per heavy atom. The van der Waals surface area contributed by atoms with E-state index in [1.807, 2.05) is 23.6 Å². The van der Waals surface area contributed by atoms with Crippen LogP contribution in [0, 0.1) is 11.3 Å². The van der Waals surface area contributed by atoms with Crippen LogP contribution in [0.2, 0.25) is 0 Å². The molecule has 20 heavy (non-hydrogen) atoms. The fourth-order valence-electron chi connectivity index (χ4n) is 1.57. The maximum atomic E-state index is 10.7. The van der Waals surface area contributed by atoms with Crippen molar-refractivity contribution in [2.24, 2.45) is 5.73 Å². The number of amides is 1. The van der Waals surface area contributed by atoms with E-state index in [1.165, 1.54) is 11.3 Å². The Bertz CT molecular complexity index is 646. The van der Waals surface area contributed by atoms with E-state index in [0.29, 0.717) is 17.9 Å². The van der Waals surface area contributed by atoms with Crippen molar-refractivity contribution >= 4 is 22.9 Å². The Morgan fingerprint density at radius 3 is 3.00 bits per heavy atom. The van der Waals surface area contributed by atoms with E-state index in [4.69, 9.17) is 15.7 Å². The smallest absolute Gasteiger partial charge is 0.255 e. The number of hydrogen-bond donors (Lipinski definition) is 2. The third-order valence-electron chi connectivity index (χ3n) is 2.46. The number of thiophene rings is 1. The molecule has 6 heteroatoms. The van der Waals surface area contributed by atoms with Gasteiger partial charge in [-0.15, -0.1) is 11.3 Å². The van der Waals surface area contributed by atoms with Crippen LogP contribution in [0.25, 0.3) is 0 Å². The number of benzene rings is 1. The molecule has 0 spiro atoms. The predicted molar refractivity (Wildman–Crippen MR) is 77.5 cm³/mol. The molecule has 2 rings (SSSR count). The van der Waals surface area contributed by atoms with Gasteiger partial charge in [-0.1, -0.05) is 6.07 Å². The Balaban J connectivity index is 1.94. The SMILES string of the molecule is N#Cc1csc(CNc2cccc(OCC(N)=O)c2)c1. The first-order valence-electron chi connectivity index (χ1n) is 5.90. The normalized spacial score (nSPS) is 9.75. The molecule has 0 bridgehead atoms. The maximum absolute atomic E-state index is 10.7. The van der Waals surface area contributed by atoms with E-state index < -0.39 is 5.91 Å². The van der Waals surface area contributed by atoms with Crippen molar-refractivity contribution in [2.45, 2.75) is 6.54 Å². The van der Waals surface area contributed by atoms with E-state index in [-0.39, 0.29) is 6.61 Å². The van der Waals surface area contributed by atoms with Crippen LogP contribution in [0.4, 0.5) is 5.69 Å². The molecular weight excluding hydrogens is 274 g/mol. The number of nitrogens with one attached hydrogen (secondary N) is 1. The van der Waals surface area contributed by atoms with Crippen LogP contribution >= 0.6 is 11.3 Å². The standard InChI is InChI=1S/C14H13N3O2S/c15-6-10-4-13(20-9-10)7-17-11-2-1-3-12(5-11)19-8-14(16)18/h1-5,9,17H,7-8H2,(H2,16,18). The van der Waals surface area contributed by atoms with Gasteiger partial charge in [0.2, 0.25) is 0 Å². The van der Waals surface area contributed by atoms with Crippen molar-refractivity contribution in [2.75, 3.05) is 11.9 Å². The minimum atomic E-state index is -0.508. The summed E-state index contributed by atoms with van der Waals surface area (Å²) in [5, 5.41) is 13.8. The van der Waals surface area contributed by atoms with E-state index in [0.717, 1.165) is 10.6 Å². The van der Waals surface area contributed by atoms with Gasteiger partial charge in [0.1, 0.15) is 11.8 Å². The molecule has 0 saturated heterocycles. The van der Waals surface area contributed by atoms with Crippen molar-refractivity contribution < 1.29 is 9.53 Å². The first-order valence-corrected chi connectivity index (χ1v) is 6.78. The Kier molecular flexibility index (Phi) is 4.58. The van der Waals surface area contributed by atoms with Crippen LogP contribution in [0.5, 0.6) is 5.75 Å². The van der Waals surface area contributed by atoms with Gasteiger partial charge in [0.15, 0.2) is 6.61 Å². The topological polar surface area (TPSA) is 88.1 Å². The third kappa shape index (κ3) is 4.00. The second kappa shape index (κ2) is 6.59. The number of hydrogen-bond acceptors (Lipinski definition) is 5. The van der Waals surface area contributed by atoms with Crippen LogP contribution in [0.3, 0.4) is 0 Å². The van der Waals surface area contributed by atoms with Crippen LogP contribution in [0.15, 0.2) is 35.7 Å². The molecule has 0 radical (unpaired) electrons. The number of nitrogens with zero attached hydrogens (tertiary/aromatic N) is 1. The number of carbonyl (C=O) groups excluding carboxylic acids is 1. The summed E-state index contributed by atoms with van der Waals surface area (Å²) in [6.45, 7) is 0.492. The van der Waals surface area contributed by atoms with Crippen molar-refractivity contribution in [1.82, 2.24) is 0 Å². The zero-order chi connectivity index (χ0) is 14.4. The fourth-order valence-corrected chi connectivity index (χ4v) is 2.32. The highest BCUT2D eigenvalue weighted by atomic mass is 32.1. The van der Waals surface area contributed by atoms with Crippen LogP contribution in [-0.2, 0) is 11.3 Å². The molecule has 0 fully saturated rings. The monoisotopic (exact) mass is 287 g/mol. The molecule has 2 aromatic rings. The Hall–Kier alpha value is -2.52. The zero-order valence-corrected chi connectivity index (χ0v) is 11.4. The van der Waals surface area contributed by atoms with E-state index in [1.54, 1.807) is 12.1 Å². The molecule has 1 aromatic heterocycles. The molecule has 0 unspecified atom stereocenters. The molecule has 3 N–H and O–H groups in total. The minimum Gasteiger partial charge on any atom is -0.484 e. The Labute approximate surface area is 120 Å². The molecule has 1 amide bonds. The lowest BCUT2D eigenvalue weighted by Crippen LogP contribution is -2.20. The number of nitrogens with two attached hydrogens (primary N) is 1. The van der Waals surface area contributed by atoms with Gasteiger partial charge in [-0.25, -0.2) is 0 Å². The predicted octanol–water partition coefficient (Wildman–Crippen LogP) is 2.10. The summed E-state index contributed by atoms with van der Waals surface area (Å²) in [5.41, 5.74) is 6.57. The second-order valence-corrected chi connectivity index (χ2v) is 5.05. The summed E-state index contributed by atoms with van der Waals surface area (Å²) < 4.78 is 5.23. The molecule has 0 saturated carbocycles. The summed E-state index contributed by atoms with van der Waals surface area (Å²) in [5.74, 6) is 0.0728. The molecule has 0 atom stereocenters. The minimum absolute atomic E-state index is 0.139. The van der Waals surface area contributed by atoms with Gasteiger partial charge in [0.05, 0.1) is 5.56 Å². The van der Waals surface area contributed by atoms with Crippen molar-refractivity contribution in [1.29, 1.82) is 5.26 Å². The van der Waals surface area contributed by atoms with E-state index in [2.05, 4.69) is 11.4 Å². The van der Waals surface area contributed by atoms with Crippen molar-refractivity contribution in [3.8, 4) is 11.8 Å². The highest BCUT2D eigenvalue weighted by Gasteiger charge is 2.01. The molecule has 0 aliphatic rings. The Morgan fingerprint density at radius 1 is 1.45 bits per heavy atom. The second-order valence-electron chi connectivity index (χ2n) is 4.05. The highest BCUT2D eigenvalue weighted by Crippen LogP contribution is 2.20. The number of ether oxygens (including phenoxy) is 1. The van der Waals surface area contributed by atoms with Gasteiger partial charge in [0.25, 0.3) is 5.91 Å². The molecule has 1 heterocycles. The first kappa shape index (κ1) is 13.9. The summed E-state index contributed by atoms with van der Waals surface area (Å²) in [4.78, 5) is 11.7. The lowest BCUT2D eigenvalue weighted by atomic mass is 10.3. The van der Waals surface area contributed by atoms with Gasteiger partial charge >= 0.3 is 0 Å². The largest absolute Gasteiger partial charge is 0.484 e. The molecular formula is C14H13N3O2S. The average Bonchev–Trinajstić information content (AvgIpc) is 2.91. The summed E-state index contributed by atoms with van der Waals surface area (Å²) in [7, 11) is 0. The lowest BCUT2D eigenvalue weighted by Gasteiger charge is -2.08. The van der Waals surface area contributed by atoms with Crippen molar-refractivity contribution in [3.63, 3.8) is 0 Å². The summed E-state index contributed by atoms with van der Waals surface area (Å²) >= 11 is 1.53. The third-order valence-corrected chi connectivity index (χ3v) is 3.40. The van der Waals surface area contributed by atoms with Crippen LogP contribution in [0.1, 0.15) is 10.4 Å². The van der Waals surface area contributed by atoms with Crippen molar-refractivity contribution in [3.05, 3.63) is 46.2 Å². The summed E-state index contributed by atoms with van der Waals surface area (Å²) in [6, 6.07) is 11.2. The quantitative estimate of drug-likeness (QED) is 0.851. The molecule has 1 aromatic carbocycles. The molecule has 5 nitrogen and oxygen atoms in total. The molecule has 0 aliphatic carbocycles. The van der Waals surface area contributed by atoms with Gasteiger partial charge in [-0.2, -0.15) is 5.26 Å². The number of carbonyl (C=O) groups is 1. The number of anilines is 1. The van der Waals surface area contributed by atoms with Gasteiger partial charge in [0, 0.05) is 28.6 Å². The zero-order valence-electron chi connectivity index (χ0n) is 10.6. The summed E-state index contributed by atoms with van der Waals surface area (Å²) in [6.07, 6.45) is 0. The average molecular weight is 287 g/mol. The highest BCUT2D eigenvalue weighted by molar-refractivity contribution is 7.10. The number of nitriles is 1. The van der Waals surface area contributed by atoms with Gasteiger partial charge < -0.3 is 15.8 Å². The number of rotatable bonds is 6. The van der Waals surface area contributed by atoms with Gasteiger partial charge in [-0.05, 0) is 18.2 Å². The van der Waals surface area contributed by atoms with Crippen LogP contribution < -0.4 is 15.8 Å². The fraction of sp³-hybridized carbons (Fsp3) is 0.143. The van der Waals surface area contributed by atoms with Gasteiger partial charge in [-0.3, -0.25) is 4.79 Å². The van der Waals surface area contributed by atoms with E-state index in [9.17, 15) is 4.79 Å². The maximum Gasteiger partial charge on any atom is 0.255 e. The lowest BCUT2D eigenvalue weighted by molar-refractivity contribution is -0.119. The van der Waals surface area contributed by atoms with Crippen LogP contribution in [-0.4, -0.2) is 12.5 Å². The molecule has 102 valence electrons. The molecule has 0 aliphatic heterocycles. The van der Waals surface area contributed by atoms with E-state index >= 15 is 0 Å². The number of primary amides is 1. The first-order chi connectivity index (χ1) is 9.67.